The monoisotopic (exact) mass is 495 g/mol. The highest BCUT2D eigenvalue weighted by Gasteiger charge is 2.21. The number of hydrogen-bond donors (Lipinski definition) is 1. The molecule has 2 aromatic rings. The van der Waals surface area contributed by atoms with E-state index < -0.39 is 0 Å². The van der Waals surface area contributed by atoms with Crippen LogP contribution in [0.5, 0.6) is 5.88 Å². The lowest BCUT2D eigenvalue weighted by molar-refractivity contribution is 0.372. The number of rotatable bonds is 4. The van der Waals surface area contributed by atoms with Crippen LogP contribution in [0.15, 0.2) is 41.5 Å². The number of hydrogen-bond acceptors (Lipinski definition) is 4. The molecule has 1 aromatic heterocycles. The molecule has 0 spiro atoms. The number of aliphatic imine (C=N–C) groups is 1. The first kappa shape index (κ1) is 22.3. The fraction of sp³-hybridized carbons (Fsp3) is 0.429. The van der Waals surface area contributed by atoms with E-state index in [0.29, 0.717) is 12.4 Å². The summed E-state index contributed by atoms with van der Waals surface area (Å²) >= 11 is 0. The van der Waals surface area contributed by atoms with Gasteiger partial charge in [0.05, 0.1) is 7.11 Å². The van der Waals surface area contributed by atoms with Gasteiger partial charge in [-0.25, -0.2) is 4.98 Å². The summed E-state index contributed by atoms with van der Waals surface area (Å²) in [6.45, 7) is 8.97. The van der Waals surface area contributed by atoms with E-state index in [0.717, 1.165) is 37.7 Å². The number of halogens is 1. The van der Waals surface area contributed by atoms with Crippen molar-refractivity contribution in [2.75, 3.05) is 45.2 Å². The standard InChI is InChI=1S/C21H29N5O.HI/c1-16-6-5-7-19(17(16)2)25-10-12-26(13-11-25)21(22-3)24-15-18-8-9-23-20(14-18)27-4;/h5-9,14H,10-13,15H2,1-4H3,(H,22,24);1H. The Kier molecular flexibility index (Phi) is 8.35. The van der Waals surface area contributed by atoms with Gasteiger partial charge in [0.25, 0.3) is 0 Å². The molecule has 1 fully saturated rings. The minimum absolute atomic E-state index is 0. The van der Waals surface area contributed by atoms with E-state index >= 15 is 0 Å². The average molecular weight is 495 g/mol. The molecule has 0 saturated carbocycles. The SMILES string of the molecule is CN=C(NCc1ccnc(OC)c1)N1CCN(c2cccc(C)c2C)CC1.I. The Balaban J connectivity index is 0.00000280. The minimum atomic E-state index is 0. The largest absolute Gasteiger partial charge is 0.481 e. The summed E-state index contributed by atoms with van der Waals surface area (Å²) in [6.07, 6.45) is 1.77. The lowest BCUT2D eigenvalue weighted by atomic mass is 10.1. The maximum Gasteiger partial charge on any atom is 0.213 e. The first-order valence-electron chi connectivity index (χ1n) is 9.38. The number of ether oxygens (including phenoxy) is 1. The summed E-state index contributed by atoms with van der Waals surface area (Å²) in [5.41, 5.74) is 5.19. The van der Waals surface area contributed by atoms with Crippen LogP contribution in [0.25, 0.3) is 0 Å². The number of benzene rings is 1. The lowest BCUT2D eigenvalue weighted by Gasteiger charge is -2.38. The third kappa shape index (κ3) is 5.27. The van der Waals surface area contributed by atoms with E-state index in [9.17, 15) is 0 Å². The summed E-state index contributed by atoms with van der Waals surface area (Å²) < 4.78 is 5.19. The molecule has 152 valence electrons. The zero-order valence-corrected chi connectivity index (χ0v) is 19.4. The van der Waals surface area contributed by atoms with E-state index in [2.05, 4.69) is 57.1 Å². The summed E-state index contributed by atoms with van der Waals surface area (Å²) in [4.78, 5) is 13.4. The number of guanidine groups is 1. The van der Waals surface area contributed by atoms with Crippen LogP contribution >= 0.6 is 24.0 Å². The lowest BCUT2D eigenvalue weighted by Crippen LogP contribution is -2.52. The zero-order valence-electron chi connectivity index (χ0n) is 17.1. The smallest absolute Gasteiger partial charge is 0.213 e. The molecule has 2 heterocycles. The molecule has 0 bridgehead atoms. The Bertz CT molecular complexity index is 803. The van der Waals surface area contributed by atoms with Crippen molar-refractivity contribution in [3.8, 4) is 5.88 Å². The third-order valence-corrected chi connectivity index (χ3v) is 5.17. The van der Waals surface area contributed by atoms with Crippen molar-refractivity contribution < 1.29 is 4.74 Å². The van der Waals surface area contributed by atoms with Crippen molar-refractivity contribution in [1.82, 2.24) is 15.2 Å². The normalized spacial score (nSPS) is 14.5. The van der Waals surface area contributed by atoms with Crippen LogP contribution in [0.1, 0.15) is 16.7 Å². The first-order valence-corrected chi connectivity index (χ1v) is 9.38. The summed E-state index contributed by atoms with van der Waals surface area (Å²) in [7, 11) is 3.47. The first-order chi connectivity index (χ1) is 13.1. The van der Waals surface area contributed by atoms with E-state index in [-0.39, 0.29) is 24.0 Å². The number of aromatic nitrogens is 1. The van der Waals surface area contributed by atoms with Crippen LogP contribution in [0.3, 0.4) is 0 Å². The summed E-state index contributed by atoms with van der Waals surface area (Å²) in [6, 6.07) is 10.5. The number of piperazine rings is 1. The fourth-order valence-electron chi connectivity index (χ4n) is 3.42. The molecule has 1 saturated heterocycles. The highest BCUT2D eigenvalue weighted by Crippen LogP contribution is 2.23. The number of anilines is 1. The van der Waals surface area contributed by atoms with Gasteiger partial charge in [0.1, 0.15) is 0 Å². The summed E-state index contributed by atoms with van der Waals surface area (Å²) in [5, 5.41) is 3.46. The van der Waals surface area contributed by atoms with Crippen molar-refractivity contribution in [3.63, 3.8) is 0 Å². The molecular weight excluding hydrogens is 465 g/mol. The average Bonchev–Trinajstić information content (AvgIpc) is 2.71. The molecule has 0 aliphatic carbocycles. The molecule has 0 radical (unpaired) electrons. The van der Waals surface area contributed by atoms with Crippen molar-refractivity contribution in [1.29, 1.82) is 0 Å². The second kappa shape index (κ2) is 10.5. The molecule has 0 unspecified atom stereocenters. The Hall–Kier alpha value is -2.03. The third-order valence-electron chi connectivity index (χ3n) is 5.17. The van der Waals surface area contributed by atoms with Crippen LogP contribution in [0.2, 0.25) is 0 Å². The summed E-state index contributed by atoms with van der Waals surface area (Å²) in [5.74, 6) is 1.57. The van der Waals surface area contributed by atoms with Gasteiger partial charge in [-0.1, -0.05) is 12.1 Å². The van der Waals surface area contributed by atoms with Gasteiger partial charge in [0, 0.05) is 57.7 Å². The number of nitrogens with zero attached hydrogens (tertiary/aromatic N) is 4. The van der Waals surface area contributed by atoms with E-state index in [4.69, 9.17) is 4.74 Å². The quantitative estimate of drug-likeness (QED) is 0.401. The number of nitrogens with one attached hydrogen (secondary N) is 1. The number of pyridine rings is 1. The van der Waals surface area contributed by atoms with Crippen LogP contribution < -0.4 is 15.0 Å². The molecule has 28 heavy (non-hydrogen) atoms. The molecule has 1 aliphatic heterocycles. The maximum atomic E-state index is 5.19. The van der Waals surface area contributed by atoms with Gasteiger partial charge in [-0.05, 0) is 42.7 Å². The van der Waals surface area contributed by atoms with Gasteiger partial charge in [0.2, 0.25) is 5.88 Å². The van der Waals surface area contributed by atoms with Crippen LogP contribution in [0, 0.1) is 13.8 Å². The minimum Gasteiger partial charge on any atom is -0.481 e. The van der Waals surface area contributed by atoms with Crippen molar-refractivity contribution >= 4 is 35.6 Å². The molecule has 7 heteroatoms. The van der Waals surface area contributed by atoms with E-state index in [1.165, 1.54) is 16.8 Å². The Labute approximate surface area is 185 Å². The number of aryl methyl sites for hydroxylation is 1. The molecular formula is C21H30IN5O. The maximum absolute atomic E-state index is 5.19. The predicted molar refractivity (Wildman–Crippen MR) is 126 cm³/mol. The highest BCUT2D eigenvalue weighted by molar-refractivity contribution is 14.0. The fourth-order valence-corrected chi connectivity index (χ4v) is 3.42. The van der Waals surface area contributed by atoms with Crippen LogP contribution in [-0.2, 0) is 6.54 Å². The zero-order chi connectivity index (χ0) is 19.2. The molecule has 1 aliphatic rings. The second-order valence-corrected chi connectivity index (χ2v) is 6.80. The number of methoxy groups -OCH3 is 1. The molecule has 6 nitrogen and oxygen atoms in total. The van der Waals surface area contributed by atoms with Crippen LogP contribution in [-0.4, -0.2) is 56.2 Å². The highest BCUT2D eigenvalue weighted by atomic mass is 127. The Morgan fingerprint density at radius 3 is 2.61 bits per heavy atom. The van der Waals surface area contributed by atoms with Crippen molar-refractivity contribution in [3.05, 3.63) is 53.2 Å². The van der Waals surface area contributed by atoms with Gasteiger partial charge in [0.15, 0.2) is 5.96 Å². The van der Waals surface area contributed by atoms with Gasteiger partial charge < -0.3 is 19.9 Å². The van der Waals surface area contributed by atoms with Crippen molar-refractivity contribution in [2.45, 2.75) is 20.4 Å². The molecule has 1 N–H and O–H groups in total. The Morgan fingerprint density at radius 2 is 1.93 bits per heavy atom. The van der Waals surface area contributed by atoms with Crippen molar-refractivity contribution in [2.24, 2.45) is 4.99 Å². The molecule has 3 rings (SSSR count). The van der Waals surface area contributed by atoms with Gasteiger partial charge in [-0.15, -0.1) is 24.0 Å². The second-order valence-electron chi connectivity index (χ2n) is 6.80. The van der Waals surface area contributed by atoms with Gasteiger partial charge >= 0.3 is 0 Å². The van der Waals surface area contributed by atoms with Gasteiger partial charge in [-0.2, -0.15) is 0 Å². The molecule has 1 aromatic carbocycles. The van der Waals surface area contributed by atoms with Gasteiger partial charge in [-0.3, -0.25) is 4.99 Å². The topological polar surface area (TPSA) is 53.0 Å². The van der Waals surface area contributed by atoms with E-state index in [1.54, 1.807) is 13.3 Å². The molecule has 0 atom stereocenters. The molecule has 0 amide bonds. The van der Waals surface area contributed by atoms with Crippen LogP contribution in [0.4, 0.5) is 5.69 Å². The Morgan fingerprint density at radius 1 is 1.18 bits per heavy atom. The van der Waals surface area contributed by atoms with E-state index in [1.807, 2.05) is 19.2 Å². The predicted octanol–water partition coefficient (Wildman–Crippen LogP) is 3.22.